The van der Waals surface area contributed by atoms with Gasteiger partial charge in [-0.25, -0.2) is 0 Å². The van der Waals surface area contributed by atoms with Gasteiger partial charge in [0.05, 0.1) is 6.54 Å². The van der Waals surface area contributed by atoms with E-state index in [1.165, 1.54) is 16.5 Å². The molecule has 0 radical (unpaired) electrons. The number of carbonyl (C=O) groups is 1. The first kappa shape index (κ1) is 9.00. The maximum atomic E-state index is 10.5. The molecule has 1 aromatic carbocycles. The highest BCUT2D eigenvalue weighted by atomic mass is 16.1. The predicted molar refractivity (Wildman–Crippen MR) is 57.5 cm³/mol. The van der Waals surface area contributed by atoms with Gasteiger partial charge in [0.25, 0.3) is 0 Å². The average Bonchev–Trinajstić information content (AvgIpc) is 2.44. The van der Waals surface area contributed by atoms with Crippen LogP contribution in [-0.4, -0.2) is 10.9 Å². The van der Waals surface area contributed by atoms with Gasteiger partial charge < -0.3 is 9.36 Å². The van der Waals surface area contributed by atoms with Gasteiger partial charge in [-0.1, -0.05) is 12.1 Å². The summed E-state index contributed by atoms with van der Waals surface area (Å²) in [6.45, 7) is 4.57. The minimum absolute atomic E-state index is 0.438. The third kappa shape index (κ3) is 1.33. The van der Waals surface area contributed by atoms with E-state index in [-0.39, 0.29) is 0 Å². The molecule has 2 rings (SSSR count). The number of benzene rings is 1. The Morgan fingerprint density at radius 3 is 2.86 bits per heavy atom. The van der Waals surface area contributed by atoms with E-state index < -0.39 is 0 Å². The van der Waals surface area contributed by atoms with Crippen molar-refractivity contribution in [2.45, 2.75) is 20.4 Å². The number of hydrogen-bond donors (Lipinski definition) is 0. The zero-order chi connectivity index (χ0) is 10.1. The first-order valence-corrected chi connectivity index (χ1v) is 4.72. The first-order chi connectivity index (χ1) is 6.72. The minimum Gasteiger partial charge on any atom is -0.340 e. The molecule has 2 heteroatoms. The highest BCUT2D eigenvalue weighted by Crippen LogP contribution is 2.21. The molecule has 14 heavy (non-hydrogen) atoms. The van der Waals surface area contributed by atoms with Crippen molar-refractivity contribution in [2.75, 3.05) is 0 Å². The number of aromatic nitrogens is 1. The van der Waals surface area contributed by atoms with Crippen molar-refractivity contribution in [2.24, 2.45) is 0 Å². The third-order valence-electron chi connectivity index (χ3n) is 2.51. The molecule has 0 spiro atoms. The van der Waals surface area contributed by atoms with Gasteiger partial charge in [0.1, 0.15) is 6.29 Å². The molecule has 0 aliphatic rings. The largest absolute Gasteiger partial charge is 0.340 e. The molecule has 1 aromatic heterocycles. The molecule has 0 N–H and O–H groups in total. The van der Waals surface area contributed by atoms with Crippen molar-refractivity contribution < 1.29 is 4.79 Å². The van der Waals surface area contributed by atoms with E-state index in [2.05, 4.69) is 32.0 Å². The fourth-order valence-electron chi connectivity index (χ4n) is 1.82. The van der Waals surface area contributed by atoms with Crippen molar-refractivity contribution in [1.29, 1.82) is 0 Å². The van der Waals surface area contributed by atoms with Crippen LogP contribution in [0.2, 0.25) is 0 Å². The van der Waals surface area contributed by atoms with E-state index in [9.17, 15) is 4.79 Å². The standard InChI is InChI=1S/C12H13NO/c1-9-3-4-11-10(2)8-13(5-6-14)12(11)7-9/h3-4,6-8H,5H2,1-2H3. The molecule has 0 amide bonds. The Kier molecular flexibility index (Phi) is 2.12. The Bertz CT molecular complexity index is 482. The second kappa shape index (κ2) is 3.29. The Balaban J connectivity index is 2.72. The Morgan fingerprint density at radius 2 is 2.14 bits per heavy atom. The quantitative estimate of drug-likeness (QED) is 0.662. The van der Waals surface area contributed by atoms with E-state index in [0.717, 1.165) is 11.8 Å². The summed E-state index contributed by atoms with van der Waals surface area (Å²) in [5.41, 5.74) is 3.60. The molecular weight excluding hydrogens is 174 g/mol. The molecule has 1 heterocycles. The molecule has 0 saturated heterocycles. The highest BCUT2D eigenvalue weighted by Gasteiger charge is 2.04. The monoisotopic (exact) mass is 187 g/mol. The normalized spacial score (nSPS) is 10.7. The van der Waals surface area contributed by atoms with Gasteiger partial charge >= 0.3 is 0 Å². The van der Waals surface area contributed by atoms with Gasteiger partial charge in [-0.3, -0.25) is 0 Å². The van der Waals surface area contributed by atoms with Crippen molar-refractivity contribution in [3.05, 3.63) is 35.5 Å². The molecule has 72 valence electrons. The van der Waals surface area contributed by atoms with Gasteiger partial charge in [-0.15, -0.1) is 0 Å². The fourth-order valence-corrected chi connectivity index (χ4v) is 1.82. The molecule has 0 saturated carbocycles. The van der Waals surface area contributed by atoms with Crippen LogP contribution in [0.5, 0.6) is 0 Å². The number of nitrogens with zero attached hydrogens (tertiary/aromatic N) is 1. The number of fused-ring (bicyclic) bond motifs is 1. The molecule has 0 atom stereocenters. The maximum absolute atomic E-state index is 10.5. The SMILES string of the molecule is Cc1ccc2c(C)cn(CC=O)c2c1. The molecule has 2 aromatic rings. The average molecular weight is 187 g/mol. The number of rotatable bonds is 2. The summed E-state index contributed by atoms with van der Waals surface area (Å²) in [4.78, 5) is 10.5. The molecular formula is C12H13NO. The summed E-state index contributed by atoms with van der Waals surface area (Å²) < 4.78 is 1.99. The lowest BCUT2D eigenvalue weighted by atomic mass is 10.1. The molecule has 0 aliphatic carbocycles. The Labute approximate surface area is 83.2 Å². The van der Waals surface area contributed by atoms with Crippen LogP contribution in [0.3, 0.4) is 0 Å². The lowest BCUT2D eigenvalue weighted by Gasteiger charge is -2.00. The van der Waals surface area contributed by atoms with E-state index in [1.807, 2.05) is 10.8 Å². The van der Waals surface area contributed by atoms with Crippen molar-refractivity contribution >= 4 is 17.2 Å². The lowest BCUT2D eigenvalue weighted by molar-refractivity contribution is -0.108. The Hall–Kier alpha value is -1.57. The lowest BCUT2D eigenvalue weighted by Crippen LogP contribution is -1.96. The van der Waals surface area contributed by atoms with Crippen LogP contribution in [0, 0.1) is 13.8 Å². The molecule has 0 aliphatic heterocycles. The molecule has 0 fully saturated rings. The van der Waals surface area contributed by atoms with Crippen LogP contribution >= 0.6 is 0 Å². The topological polar surface area (TPSA) is 22.0 Å². The van der Waals surface area contributed by atoms with E-state index in [4.69, 9.17) is 0 Å². The summed E-state index contributed by atoms with van der Waals surface area (Å²) >= 11 is 0. The van der Waals surface area contributed by atoms with E-state index >= 15 is 0 Å². The predicted octanol–water partition coefficient (Wildman–Crippen LogP) is 2.46. The second-order valence-corrected chi connectivity index (χ2v) is 3.65. The van der Waals surface area contributed by atoms with Gasteiger partial charge in [-0.05, 0) is 31.0 Å². The molecule has 2 nitrogen and oxygen atoms in total. The number of aryl methyl sites for hydroxylation is 2. The summed E-state index contributed by atoms with van der Waals surface area (Å²) in [6, 6.07) is 6.33. The minimum atomic E-state index is 0.438. The van der Waals surface area contributed by atoms with Gasteiger partial charge in [-0.2, -0.15) is 0 Å². The summed E-state index contributed by atoms with van der Waals surface area (Å²) in [7, 11) is 0. The number of hydrogen-bond acceptors (Lipinski definition) is 1. The summed E-state index contributed by atoms with van der Waals surface area (Å²) in [5, 5.41) is 1.23. The van der Waals surface area contributed by atoms with E-state index in [0.29, 0.717) is 6.54 Å². The van der Waals surface area contributed by atoms with Crippen LogP contribution in [0.4, 0.5) is 0 Å². The zero-order valence-corrected chi connectivity index (χ0v) is 8.45. The fraction of sp³-hybridized carbons (Fsp3) is 0.250. The first-order valence-electron chi connectivity index (χ1n) is 4.72. The van der Waals surface area contributed by atoms with Gasteiger partial charge in [0, 0.05) is 17.1 Å². The second-order valence-electron chi connectivity index (χ2n) is 3.65. The van der Waals surface area contributed by atoms with Crippen LogP contribution in [0.15, 0.2) is 24.4 Å². The molecule has 0 bridgehead atoms. The van der Waals surface area contributed by atoms with Crippen molar-refractivity contribution in [3.63, 3.8) is 0 Å². The maximum Gasteiger partial charge on any atom is 0.139 e. The third-order valence-corrected chi connectivity index (χ3v) is 2.51. The number of carbonyl (C=O) groups excluding carboxylic acids is 1. The van der Waals surface area contributed by atoms with Crippen LogP contribution < -0.4 is 0 Å². The van der Waals surface area contributed by atoms with Crippen LogP contribution in [0.1, 0.15) is 11.1 Å². The van der Waals surface area contributed by atoms with Crippen molar-refractivity contribution in [3.8, 4) is 0 Å². The van der Waals surface area contributed by atoms with E-state index in [1.54, 1.807) is 0 Å². The zero-order valence-electron chi connectivity index (χ0n) is 8.45. The summed E-state index contributed by atoms with van der Waals surface area (Å²) in [5.74, 6) is 0. The van der Waals surface area contributed by atoms with Crippen LogP contribution in [-0.2, 0) is 11.3 Å². The van der Waals surface area contributed by atoms with Crippen molar-refractivity contribution in [1.82, 2.24) is 4.57 Å². The Morgan fingerprint density at radius 1 is 1.36 bits per heavy atom. The van der Waals surface area contributed by atoms with Crippen LogP contribution in [0.25, 0.3) is 10.9 Å². The highest BCUT2D eigenvalue weighted by molar-refractivity contribution is 5.84. The van der Waals surface area contributed by atoms with Gasteiger partial charge in [0.2, 0.25) is 0 Å². The van der Waals surface area contributed by atoms with Gasteiger partial charge in [0.15, 0.2) is 0 Å². The summed E-state index contributed by atoms with van der Waals surface area (Å²) in [6.07, 6.45) is 2.96. The number of aldehydes is 1. The smallest absolute Gasteiger partial charge is 0.139 e. The molecule has 0 unspecified atom stereocenters.